The van der Waals surface area contributed by atoms with Crippen molar-refractivity contribution in [2.45, 2.75) is 30.8 Å². The molecule has 3 N–H and O–H groups in total. The van der Waals surface area contributed by atoms with Crippen molar-refractivity contribution in [2.24, 2.45) is 0 Å². The Morgan fingerprint density at radius 2 is 1.52 bits per heavy atom. The second kappa shape index (κ2) is 8.78. The van der Waals surface area contributed by atoms with Crippen LogP contribution in [-0.4, -0.2) is 23.5 Å². The Kier molecular flexibility index (Phi) is 5.55. The van der Waals surface area contributed by atoms with E-state index in [1.54, 1.807) is 0 Å². The van der Waals surface area contributed by atoms with Crippen LogP contribution in [0.5, 0.6) is 0 Å². The summed E-state index contributed by atoms with van der Waals surface area (Å²) in [6.07, 6.45) is 4.26. The molecule has 4 heteroatoms. The molecule has 5 rings (SSSR count). The number of amides is 1. The van der Waals surface area contributed by atoms with Gasteiger partial charge in [-0.25, -0.2) is 0 Å². The summed E-state index contributed by atoms with van der Waals surface area (Å²) in [7, 11) is 0. The van der Waals surface area contributed by atoms with E-state index in [2.05, 4.69) is 64.3 Å². The number of nitrogens with one attached hydrogen (secondary N) is 3. The van der Waals surface area contributed by atoms with Crippen LogP contribution in [-0.2, 0) is 4.79 Å². The standard InChI is InChI=1S/C27H27N3O/c31-27(30-21-15-16-21)26(20-11-5-2-6-12-20)29-17-23(19-9-3-1-4-10-19)24-18-28-25-14-8-7-13-22(24)25/h1-14,18,21,23,26,28-29H,15-17H2,(H,30,31). The van der Waals surface area contributed by atoms with E-state index < -0.39 is 0 Å². The summed E-state index contributed by atoms with van der Waals surface area (Å²) in [4.78, 5) is 16.5. The number of rotatable bonds is 8. The molecule has 0 spiro atoms. The van der Waals surface area contributed by atoms with Crippen molar-refractivity contribution in [3.05, 3.63) is 108 Å². The van der Waals surface area contributed by atoms with Gasteiger partial charge in [0.1, 0.15) is 6.04 Å². The van der Waals surface area contributed by atoms with Gasteiger partial charge in [0.2, 0.25) is 5.91 Å². The highest BCUT2D eigenvalue weighted by atomic mass is 16.2. The summed E-state index contributed by atoms with van der Waals surface area (Å²) in [6, 6.07) is 28.9. The second-order valence-electron chi connectivity index (χ2n) is 8.29. The van der Waals surface area contributed by atoms with Gasteiger partial charge in [0.05, 0.1) is 0 Å². The third-order valence-electron chi connectivity index (χ3n) is 6.04. The highest BCUT2D eigenvalue weighted by Crippen LogP contribution is 2.31. The van der Waals surface area contributed by atoms with E-state index in [-0.39, 0.29) is 17.9 Å². The maximum absolute atomic E-state index is 13.1. The maximum atomic E-state index is 13.1. The van der Waals surface area contributed by atoms with E-state index in [1.807, 2.05) is 42.5 Å². The van der Waals surface area contributed by atoms with Crippen LogP contribution in [0, 0.1) is 0 Å². The van der Waals surface area contributed by atoms with Crippen molar-refractivity contribution < 1.29 is 4.79 Å². The lowest BCUT2D eigenvalue weighted by molar-refractivity contribution is -0.123. The number of carbonyl (C=O) groups is 1. The third kappa shape index (κ3) is 4.39. The number of fused-ring (bicyclic) bond motifs is 1. The van der Waals surface area contributed by atoms with Crippen molar-refractivity contribution in [3.63, 3.8) is 0 Å². The first-order chi connectivity index (χ1) is 15.3. The van der Waals surface area contributed by atoms with Gasteiger partial charge in [-0.3, -0.25) is 4.79 Å². The average molecular weight is 410 g/mol. The normalized spacial score (nSPS) is 15.5. The zero-order valence-electron chi connectivity index (χ0n) is 17.4. The molecule has 0 aliphatic heterocycles. The molecule has 2 unspecified atom stereocenters. The number of aromatic nitrogens is 1. The molecule has 1 amide bonds. The lowest BCUT2D eigenvalue weighted by atomic mass is 9.90. The molecule has 31 heavy (non-hydrogen) atoms. The molecule has 1 heterocycles. The van der Waals surface area contributed by atoms with Crippen LogP contribution in [0.15, 0.2) is 91.1 Å². The number of aromatic amines is 1. The Morgan fingerprint density at radius 1 is 0.871 bits per heavy atom. The van der Waals surface area contributed by atoms with Crippen molar-refractivity contribution in [2.75, 3.05) is 6.54 Å². The van der Waals surface area contributed by atoms with Crippen molar-refractivity contribution in [1.29, 1.82) is 0 Å². The van der Waals surface area contributed by atoms with Crippen LogP contribution in [0.1, 0.15) is 41.5 Å². The van der Waals surface area contributed by atoms with Gasteiger partial charge < -0.3 is 15.6 Å². The van der Waals surface area contributed by atoms with Crippen LogP contribution in [0.3, 0.4) is 0 Å². The predicted octanol–water partition coefficient (Wildman–Crippen LogP) is 4.91. The van der Waals surface area contributed by atoms with Crippen LogP contribution in [0.25, 0.3) is 10.9 Å². The average Bonchev–Trinajstić information content (AvgIpc) is 3.54. The van der Waals surface area contributed by atoms with Gasteiger partial charge in [0.25, 0.3) is 0 Å². The smallest absolute Gasteiger partial charge is 0.241 e. The molecule has 0 saturated heterocycles. The number of hydrogen-bond donors (Lipinski definition) is 3. The highest BCUT2D eigenvalue weighted by molar-refractivity contribution is 5.85. The van der Waals surface area contributed by atoms with E-state index in [0.717, 1.165) is 23.9 Å². The monoisotopic (exact) mass is 409 g/mol. The minimum absolute atomic E-state index is 0.0550. The van der Waals surface area contributed by atoms with E-state index in [4.69, 9.17) is 0 Å². The molecule has 156 valence electrons. The summed E-state index contributed by atoms with van der Waals surface area (Å²) in [6.45, 7) is 0.656. The molecule has 1 aliphatic carbocycles. The molecular weight excluding hydrogens is 382 g/mol. The van der Waals surface area contributed by atoms with Crippen molar-refractivity contribution in [3.8, 4) is 0 Å². The minimum atomic E-state index is -0.377. The lowest BCUT2D eigenvalue weighted by Crippen LogP contribution is -2.40. The SMILES string of the molecule is O=C(NC1CC1)C(NCC(c1ccccc1)c1c[nH]c2ccccc12)c1ccccc1. The van der Waals surface area contributed by atoms with Crippen LogP contribution in [0.2, 0.25) is 0 Å². The highest BCUT2D eigenvalue weighted by Gasteiger charge is 2.29. The first kappa shape index (κ1) is 19.6. The number of para-hydroxylation sites is 1. The molecule has 1 saturated carbocycles. The van der Waals surface area contributed by atoms with Crippen molar-refractivity contribution >= 4 is 16.8 Å². The van der Waals surface area contributed by atoms with Gasteiger partial charge in [0.15, 0.2) is 0 Å². The van der Waals surface area contributed by atoms with Gasteiger partial charge in [-0.1, -0.05) is 78.9 Å². The first-order valence-corrected chi connectivity index (χ1v) is 11.0. The molecule has 4 aromatic rings. The predicted molar refractivity (Wildman–Crippen MR) is 125 cm³/mol. The second-order valence-corrected chi connectivity index (χ2v) is 8.29. The zero-order chi connectivity index (χ0) is 21.0. The maximum Gasteiger partial charge on any atom is 0.241 e. The zero-order valence-corrected chi connectivity index (χ0v) is 17.4. The molecule has 0 radical (unpaired) electrons. The van der Waals surface area contributed by atoms with Gasteiger partial charge in [0, 0.05) is 35.6 Å². The van der Waals surface area contributed by atoms with Gasteiger partial charge >= 0.3 is 0 Å². The van der Waals surface area contributed by atoms with Crippen molar-refractivity contribution in [1.82, 2.24) is 15.6 Å². The largest absolute Gasteiger partial charge is 0.361 e. The molecule has 2 atom stereocenters. The van der Waals surface area contributed by atoms with Crippen LogP contribution in [0.4, 0.5) is 0 Å². The van der Waals surface area contributed by atoms with Gasteiger partial charge in [-0.2, -0.15) is 0 Å². The fourth-order valence-electron chi connectivity index (χ4n) is 4.23. The first-order valence-electron chi connectivity index (χ1n) is 11.0. The van der Waals surface area contributed by atoms with E-state index in [0.29, 0.717) is 12.6 Å². The number of benzene rings is 3. The fourth-order valence-corrected chi connectivity index (χ4v) is 4.23. The topological polar surface area (TPSA) is 56.9 Å². The van der Waals surface area contributed by atoms with E-state index in [1.165, 1.54) is 16.5 Å². The molecule has 1 fully saturated rings. The summed E-state index contributed by atoms with van der Waals surface area (Å²) in [5.41, 5.74) is 4.59. The molecule has 1 aliphatic rings. The lowest BCUT2D eigenvalue weighted by Gasteiger charge is -2.23. The number of carbonyl (C=O) groups excluding carboxylic acids is 1. The Hall–Kier alpha value is -3.37. The molecule has 0 bridgehead atoms. The molecule has 3 aromatic carbocycles. The number of H-pyrrole nitrogens is 1. The Balaban J connectivity index is 1.46. The van der Waals surface area contributed by atoms with Crippen LogP contribution < -0.4 is 10.6 Å². The summed E-state index contributed by atoms with van der Waals surface area (Å²) < 4.78 is 0. The molecule has 4 nitrogen and oxygen atoms in total. The third-order valence-corrected chi connectivity index (χ3v) is 6.04. The number of hydrogen-bond acceptors (Lipinski definition) is 2. The van der Waals surface area contributed by atoms with Crippen LogP contribution >= 0.6 is 0 Å². The molecule has 1 aromatic heterocycles. The Labute approximate surface area is 182 Å². The Morgan fingerprint density at radius 3 is 2.23 bits per heavy atom. The van der Waals surface area contributed by atoms with Gasteiger partial charge in [-0.15, -0.1) is 0 Å². The Bertz CT molecular complexity index is 1150. The van der Waals surface area contributed by atoms with E-state index in [9.17, 15) is 4.79 Å². The quantitative estimate of drug-likeness (QED) is 0.387. The van der Waals surface area contributed by atoms with Gasteiger partial charge in [-0.05, 0) is 35.6 Å². The minimum Gasteiger partial charge on any atom is -0.361 e. The summed E-state index contributed by atoms with van der Waals surface area (Å²) in [5, 5.41) is 7.99. The molecular formula is C27H27N3O. The van der Waals surface area contributed by atoms with E-state index >= 15 is 0 Å². The summed E-state index contributed by atoms with van der Waals surface area (Å²) in [5.74, 6) is 0.178. The fraction of sp³-hybridized carbons (Fsp3) is 0.222. The summed E-state index contributed by atoms with van der Waals surface area (Å²) >= 11 is 0.